The van der Waals surface area contributed by atoms with Crippen molar-refractivity contribution in [2.75, 3.05) is 49.1 Å². The third-order valence-corrected chi connectivity index (χ3v) is 14.2. The molecule has 9 rings (SSSR count). The lowest BCUT2D eigenvalue weighted by Gasteiger charge is -2.63. The van der Waals surface area contributed by atoms with E-state index in [9.17, 15) is 29.2 Å². The number of hydrogen-bond donors (Lipinski definition) is 2. The molecule has 16 heteroatoms. The summed E-state index contributed by atoms with van der Waals surface area (Å²) in [6, 6.07) is 11.6. The van der Waals surface area contributed by atoms with Crippen LogP contribution >= 0.6 is 11.6 Å². The maximum absolute atomic E-state index is 13.5. The van der Waals surface area contributed by atoms with Crippen LogP contribution in [0, 0.1) is 34.0 Å². The van der Waals surface area contributed by atoms with Crippen LogP contribution in [0.4, 0.5) is 11.6 Å². The van der Waals surface area contributed by atoms with Crippen LogP contribution in [0.25, 0.3) is 0 Å². The molecule has 2 bridgehead atoms. The number of rotatable bonds is 9. The average Bonchev–Trinajstić information content (AvgIpc) is 3.90. The molecule has 6 aliphatic rings. The molecule has 1 aromatic heterocycles. The first kappa shape index (κ1) is 39.8. The maximum Gasteiger partial charge on any atom is 0.262 e. The molecular formula is C44H48ClN9O6. The van der Waals surface area contributed by atoms with Gasteiger partial charge in [0, 0.05) is 92.8 Å². The molecule has 2 N–H and O–H groups in total. The largest absolute Gasteiger partial charge is 0.489 e. The molecule has 312 valence electrons. The first-order valence-electron chi connectivity index (χ1n) is 20.7. The van der Waals surface area contributed by atoms with Crippen molar-refractivity contribution >= 4 is 52.8 Å². The van der Waals surface area contributed by atoms with Crippen molar-refractivity contribution in [2.24, 2.45) is 22.7 Å². The highest BCUT2D eigenvalue weighted by atomic mass is 35.5. The van der Waals surface area contributed by atoms with Crippen molar-refractivity contribution in [3.63, 3.8) is 0 Å². The van der Waals surface area contributed by atoms with Crippen molar-refractivity contribution < 1.29 is 28.7 Å². The van der Waals surface area contributed by atoms with Gasteiger partial charge in [-0.3, -0.25) is 39.1 Å². The molecular weight excluding hydrogens is 786 g/mol. The van der Waals surface area contributed by atoms with Crippen molar-refractivity contribution in [1.29, 1.82) is 5.26 Å². The number of aromatic nitrogens is 2. The summed E-state index contributed by atoms with van der Waals surface area (Å²) in [6.07, 6.45) is 5.40. The Morgan fingerprint density at radius 3 is 2.33 bits per heavy atom. The lowest BCUT2D eigenvalue weighted by Crippen LogP contribution is -2.74. The van der Waals surface area contributed by atoms with Crippen LogP contribution in [0.15, 0.2) is 48.8 Å². The second-order valence-electron chi connectivity index (χ2n) is 18.3. The van der Waals surface area contributed by atoms with Gasteiger partial charge in [0.2, 0.25) is 17.8 Å². The first-order chi connectivity index (χ1) is 28.6. The Balaban J connectivity index is 0.750. The van der Waals surface area contributed by atoms with E-state index in [1.54, 1.807) is 42.7 Å². The Labute approximate surface area is 353 Å². The number of fused-ring (bicyclic) bond motifs is 3. The van der Waals surface area contributed by atoms with E-state index in [2.05, 4.69) is 69.1 Å². The van der Waals surface area contributed by atoms with Crippen molar-refractivity contribution in [3.8, 4) is 11.8 Å². The number of halogens is 1. The third-order valence-electron chi connectivity index (χ3n) is 13.9. The van der Waals surface area contributed by atoms with Gasteiger partial charge in [0.15, 0.2) is 0 Å². The molecule has 2 aliphatic carbocycles. The molecule has 15 nitrogen and oxygen atoms in total. The van der Waals surface area contributed by atoms with E-state index in [4.69, 9.17) is 16.3 Å². The van der Waals surface area contributed by atoms with Crippen molar-refractivity contribution in [2.45, 2.75) is 77.6 Å². The minimum atomic E-state index is -0.981. The average molecular weight is 834 g/mol. The van der Waals surface area contributed by atoms with Gasteiger partial charge >= 0.3 is 0 Å². The number of nitrogens with zero attached hydrogens (tertiary/aromatic N) is 7. The zero-order chi connectivity index (χ0) is 42.2. The number of carbonyl (C=O) groups excluding carboxylic acids is 5. The summed E-state index contributed by atoms with van der Waals surface area (Å²) in [5.41, 5.74) is 1.47. The Bertz CT molecular complexity index is 2320. The summed E-state index contributed by atoms with van der Waals surface area (Å²) in [5.74, 6) is 0.110. The number of imide groups is 2. The normalized spacial score (nSPS) is 28.0. The van der Waals surface area contributed by atoms with Gasteiger partial charge in [-0.25, -0.2) is 9.97 Å². The first-order valence-corrected chi connectivity index (χ1v) is 21.1. The number of amides is 5. The SMILES string of the molecule is CC1(C)C(NC(=O)c2cnc(N3C[C@H]4C[C@@H]3C[C@@H]4CN3CCN(c4ccc5c(c4)C(=O)N(C4CCC(=O)NC4=O)C5=O)CC3)nc2)C(C)(C)C1Oc1ccc(C#N)c(Cl)c1. The second kappa shape index (κ2) is 14.8. The van der Waals surface area contributed by atoms with E-state index in [0.29, 0.717) is 51.3 Å². The van der Waals surface area contributed by atoms with Crippen LogP contribution in [0.3, 0.4) is 0 Å². The van der Waals surface area contributed by atoms with Crippen molar-refractivity contribution in [1.82, 2.24) is 30.4 Å². The third kappa shape index (κ3) is 6.74. The molecule has 5 fully saturated rings. The zero-order valence-electron chi connectivity index (χ0n) is 34.1. The lowest BCUT2D eigenvalue weighted by molar-refractivity contribution is -0.164. The number of carbonyl (C=O) groups is 5. The van der Waals surface area contributed by atoms with Crippen LogP contribution < -0.4 is 25.2 Å². The van der Waals surface area contributed by atoms with Gasteiger partial charge < -0.3 is 19.9 Å². The van der Waals surface area contributed by atoms with Crippen LogP contribution in [-0.2, 0) is 9.59 Å². The number of piperazine rings is 1. The smallest absolute Gasteiger partial charge is 0.262 e. The number of nitrogens with one attached hydrogen (secondary N) is 2. The highest BCUT2D eigenvalue weighted by Crippen LogP contribution is 2.55. The molecule has 5 heterocycles. The fourth-order valence-corrected chi connectivity index (χ4v) is 11.3. The highest BCUT2D eigenvalue weighted by molar-refractivity contribution is 6.31. The van der Waals surface area contributed by atoms with E-state index in [1.165, 1.54) is 0 Å². The Morgan fingerprint density at radius 1 is 0.967 bits per heavy atom. The lowest BCUT2D eigenvalue weighted by atomic mass is 9.49. The topological polar surface area (TPSA) is 181 Å². The molecule has 4 aliphatic heterocycles. The maximum atomic E-state index is 13.5. The summed E-state index contributed by atoms with van der Waals surface area (Å²) < 4.78 is 6.37. The predicted molar refractivity (Wildman–Crippen MR) is 221 cm³/mol. The Hall–Kier alpha value is -5.59. The number of hydrogen-bond acceptors (Lipinski definition) is 12. The minimum absolute atomic E-state index is 0.0860. The van der Waals surface area contributed by atoms with Crippen LogP contribution in [0.5, 0.6) is 5.75 Å². The molecule has 2 aromatic carbocycles. The summed E-state index contributed by atoms with van der Waals surface area (Å²) >= 11 is 6.25. The Morgan fingerprint density at radius 2 is 1.68 bits per heavy atom. The van der Waals surface area contributed by atoms with Gasteiger partial charge in [-0.05, 0) is 61.4 Å². The summed E-state index contributed by atoms with van der Waals surface area (Å²) in [4.78, 5) is 81.5. The molecule has 60 heavy (non-hydrogen) atoms. The number of anilines is 2. The van der Waals surface area contributed by atoms with Crippen LogP contribution in [0.1, 0.15) is 90.0 Å². The summed E-state index contributed by atoms with van der Waals surface area (Å²) in [5, 5.41) is 15.0. The molecule has 0 radical (unpaired) electrons. The second-order valence-corrected chi connectivity index (χ2v) is 18.7. The van der Waals surface area contributed by atoms with Crippen molar-refractivity contribution in [3.05, 3.63) is 76.1 Å². The van der Waals surface area contributed by atoms with E-state index in [1.807, 2.05) is 6.07 Å². The van der Waals surface area contributed by atoms with E-state index in [0.717, 1.165) is 62.7 Å². The highest BCUT2D eigenvalue weighted by Gasteiger charge is 2.64. The van der Waals surface area contributed by atoms with Crippen LogP contribution in [-0.4, -0.2) is 113 Å². The number of piperidine rings is 2. The fourth-order valence-electron chi connectivity index (χ4n) is 11.1. The fraction of sp³-hybridized carbons (Fsp3) is 0.500. The van der Waals surface area contributed by atoms with Gasteiger partial charge in [-0.1, -0.05) is 39.3 Å². The minimum Gasteiger partial charge on any atom is -0.489 e. The monoisotopic (exact) mass is 833 g/mol. The summed E-state index contributed by atoms with van der Waals surface area (Å²) in [7, 11) is 0. The van der Waals surface area contributed by atoms with Crippen LogP contribution in [0.2, 0.25) is 5.02 Å². The van der Waals surface area contributed by atoms with E-state index in [-0.39, 0.29) is 36.5 Å². The molecule has 2 saturated carbocycles. The molecule has 1 unspecified atom stereocenters. The Kier molecular flexibility index (Phi) is 9.86. The molecule has 3 saturated heterocycles. The predicted octanol–water partition coefficient (Wildman–Crippen LogP) is 4.05. The quantitative estimate of drug-likeness (QED) is 0.296. The van der Waals surface area contributed by atoms with E-state index < -0.39 is 40.5 Å². The zero-order valence-corrected chi connectivity index (χ0v) is 34.9. The van der Waals surface area contributed by atoms with Gasteiger partial charge in [0.25, 0.3) is 17.7 Å². The number of nitriles is 1. The van der Waals surface area contributed by atoms with Gasteiger partial charge in [0.05, 0.1) is 27.3 Å². The molecule has 4 atom stereocenters. The number of benzene rings is 2. The van der Waals surface area contributed by atoms with Gasteiger partial charge in [-0.15, -0.1) is 0 Å². The standard InChI is InChI=1S/C44H48ClN9O6/c1-43(2)40(44(3,4)41(43)60-30-7-5-24(19-46)33(45)18-30)50-36(56)27-20-47-42(48-21-27)53-23-26-16-29(53)15-25(26)22-51-11-13-52(14-12-51)28-6-8-31-32(17-28)39(59)54(38(31)58)34-9-10-35(55)49-37(34)57/h5-8,17-18,20-21,25-26,29,34,40-41H,9-16,22-23H2,1-4H3,(H,50,56)(H,49,55,57)/t25-,26-,29+,34?,40?,41?/m1/s1. The number of ether oxygens (including phenoxy) is 1. The van der Waals surface area contributed by atoms with E-state index >= 15 is 0 Å². The van der Waals surface area contributed by atoms with Gasteiger partial charge in [0.1, 0.15) is 24.0 Å². The van der Waals surface area contributed by atoms with Gasteiger partial charge in [-0.2, -0.15) is 5.26 Å². The molecule has 3 aromatic rings. The molecule has 5 amide bonds. The molecule has 0 spiro atoms. The summed E-state index contributed by atoms with van der Waals surface area (Å²) in [6.45, 7) is 13.5.